The summed E-state index contributed by atoms with van der Waals surface area (Å²) in [5.74, 6) is 0. The van der Waals surface area contributed by atoms with Gasteiger partial charge in [-0.05, 0) is 0 Å². The van der Waals surface area contributed by atoms with Crippen LogP contribution in [0.3, 0.4) is 0 Å². The van der Waals surface area contributed by atoms with E-state index in [9.17, 15) is 0 Å². The summed E-state index contributed by atoms with van der Waals surface area (Å²) in [5, 5.41) is 0. The van der Waals surface area contributed by atoms with Crippen molar-refractivity contribution in [3.05, 3.63) is 0 Å². The number of alkyl halides is 4. The minimum Gasteiger partial charge on any atom is -0.0664 e. The van der Waals surface area contributed by atoms with Crippen molar-refractivity contribution < 1.29 is 0 Å². The van der Waals surface area contributed by atoms with E-state index in [0.717, 1.165) is 0 Å². The number of hydrogen-bond acceptors (Lipinski definition) is 0. The molecular weight excluding hydrogens is 154 g/mol. The fourth-order valence-corrected chi connectivity index (χ4v) is 0. The molecule has 0 rings (SSSR count). The third-order valence-corrected chi connectivity index (χ3v) is 0. The van der Waals surface area contributed by atoms with Gasteiger partial charge in [-0.3, -0.25) is 0 Å². The molecule has 0 nitrogen and oxygen atoms in total. The predicted molar refractivity (Wildman–Crippen MR) is 26.1 cm³/mol. The Hall–Kier alpha value is 1.16. The van der Waals surface area contributed by atoms with Crippen LogP contribution in [0.25, 0.3) is 0 Å². The molecule has 5 heavy (non-hydrogen) atoms. The highest BCUT2D eigenvalue weighted by Crippen LogP contribution is 2.29. The Bertz CT molecular complexity index is 19.1. The normalized spacial score (nSPS) is 12.0. The van der Waals surface area contributed by atoms with E-state index in [1.165, 1.54) is 0 Å². The molecule has 0 bridgehead atoms. The zero-order valence-corrected chi connectivity index (χ0v) is 5.04. The Kier molecular flexibility index (Phi) is 2.15. The Morgan fingerprint density at radius 3 is 1.20 bits per heavy atom. The predicted octanol–water partition coefficient (Wildman–Crippen LogP) is 2.55. The molecule has 0 heterocycles. The summed E-state index contributed by atoms with van der Waals surface area (Å²) in [6.07, 6.45) is 0. The zero-order chi connectivity index (χ0) is 4.50. The number of hydrogen-bond donors (Lipinski definition) is 0. The van der Waals surface area contributed by atoms with Gasteiger partial charge < -0.3 is 0 Å². The maximum atomic E-state index is 4.83. The summed E-state index contributed by atoms with van der Waals surface area (Å²) in [6, 6.07) is 0. The van der Waals surface area contributed by atoms with Crippen molar-refractivity contribution in [2.75, 3.05) is 0 Å². The lowest BCUT2D eigenvalue weighted by atomic mass is 11.8. The third-order valence-electron chi connectivity index (χ3n) is 0. The van der Waals surface area contributed by atoms with Crippen molar-refractivity contribution in [3.63, 3.8) is 0 Å². The highest BCUT2D eigenvalue weighted by molar-refractivity contribution is 6.83. The fourth-order valence-electron chi connectivity index (χ4n) is 0. The van der Waals surface area contributed by atoms with Crippen LogP contribution in [0.5, 0.6) is 0 Å². The van der Waals surface area contributed by atoms with Crippen LogP contribution in [0, 0.1) is 0 Å². The van der Waals surface area contributed by atoms with Crippen LogP contribution in [0.4, 0.5) is 0 Å². The maximum absolute atomic E-state index is 4.83. The summed E-state index contributed by atoms with van der Waals surface area (Å²) in [4.78, 5) is 0. The molecule has 0 unspecified atom stereocenters. The minimum atomic E-state index is -1.61. The molecule has 0 aliphatic rings. The Labute approximate surface area is 50.0 Å². The van der Waals surface area contributed by atoms with E-state index >= 15 is 0 Å². The molecule has 0 fully saturated rings. The van der Waals surface area contributed by atoms with E-state index in [-0.39, 0.29) is 0 Å². The van der Waals surface area contributed by atoms with E-state index < -0.39 is 3.25 Å². The minimum absolute atomic E-state index is 1.61. The molecule has 0 N–H and O–H groups in total. The lowest BCUT2D eigenvalue weighted by Gasteiger charge is -1.91. The van der Waals surface area contributed by atoms with E-state index in [4.69, 9.17) is 46.4 Å². The maximum Gasteiger partial charge on any atom is 0.266 e. The molecule has 0 aromatic carbocycles. The van der Waals surface area contributed by atoms with Crippen molar-refractivity contribution in [1.82, 2.24) is 0 Å². The molecule has 4 heteroatoms. The van der Waals surface area contributed by atoms with Crippen LogP contribution in [-0.2, 0) is 0 Å². The summed E-state index contributed by atoms with van der Waals surface area (Å²) >= 11 is 19.3. The number of halogens is 4. The average molecular weight is 154 g/mol. The average Bonchev–Trinajstić information content (AvgIpc) is 0.722. The Balaban J connectivity index is 3.02. The summed E-state index contributed by atoms with van der Waals surface area (Å²) in [6.45, 7) is 0. The van der Waals surface area contributed by atoms with E-state index in [1.54, 1.807) is 0 Å². The molecule has 32 valence electrons. The first-order valence-corrected chi connectivity index (χ1v) is 2.27. The van der Waals surface area contributed by atoms with E-state index in [2.05, 4.69) is 0 Å². The second-order valence-corrected chi connectivity index (χ2v) is 3.86. The van der Waals surface area contributed by atoms with E-state index in [0.29, 0.717) is 0 Å². The van der Waals surface area contributed by atoms with Crippen molar-refractivity contribution in [2.45, 2.75) is 3.25 Å². The van der Waals surface area contributed by atoms with Gasteiger partial charge in [0.25, 0.3) is 3.25 Å². The van der Waals surface area contributed by atoms with Crippen LogP contribution in [-0.4, -0.2) is 3.25 Å². The molecule has 0 spiro atoms. The van der Waals surface area contributed by atoms with E-state index in [1.807, 2.05) is 0 Å². The molecule has 0 atom stereocenters. The van der Waals surface area contributed by atoms with Gasteiger partial charge in [0, 0.05) is 0 Å². The lowest BCUT2D eigenvalue weighted by molar-refractivity contribution is 1.76. The lowest BCUT2D eigenvalue weighted by Crippen LogP contribution is -1.81. The molecule has 0 radical (unpaired) electrons. The topological polar surface area (TPSA) is 0 Å². The highest BCUT2D eigenvalue weighted by Gasteiger charge is 2.11. The molecule has 0 aromatic rings. The summed E-state index contributed by atoms with van der Waals surface area (Å²) in [5.41, 5.74) is 0. The molecular formula is CCl4. The van der Waals surface area contributed by atoms with Gasteiger partial charge in [0.05, 0.1) is 0 Å². The van der Waals surface area contributed by atoms with Crippen LogP contribution < -0.4 is 0 Å². The molecule has 0 saturated carbocycles. The van der Waals surface area contributed by atoms with Crippen molar-refractivity contribution >= 4 is 46.4 Å². The van der Waals surface area contributed by atoms with Gasteiger partial charge in [-0.15, -0.1) is 0 Å². The zero-order valence-electron chi connectivity index (χ0n) is 2.01. The highest BCUT2D eigenvalue weighted by atomic mass is 37.0. The molecule has 0 aliphatic carbocycles. The molecule has 0 amide bonds. The summed E-state index contributed by atoms with van der Waals surface area (Å²) in [7, 11) is 0. The van der Waals surface area contributed by atoms with Crippen molar-refractivity contribution in [3.8, 4) is 0 Å². The SMILES string of the molecule is [35Cl]C([35Cl])([35Cl])[37Cl]. The Morgan fingerprint density at radius 2 is 1.20 bits per heavy atom. The molecule has 0 saturated heterocycles. The monoisotopic (exact) mass is 154 g/mol. The Morgan fingerprint density at radius 1 is 1.20 bits per heavy atom. The van der Waals surface area contributed by atoms with Gasteiger partial charge >= 0.3 is 0 Å². The van der Waals surface area contributed by atoms with Crippen LogP contribution in [0.1, 0.15) is 0 Å². The molecule has 0 aromatic heterocycles. The standard InChI is InChI=1S/CCl4/c2-1(3,4)5/i2+0,3+0,4+0,5+2. The summed E-state index contributed by atoms with van der Waals surface area (Å²) < 4.78 is -1.61. The van der Waals surface area contributed by atoms with Gasteiger partial charge in [0.2, 0.25) is 0 Å². The smallest absolute Gasteiger partial charge is 0.0664 e. The van der Waals surface area contributed by atoms with Crippen molar-refractivity contribution in [2.24, 2.45) is 0 Å². The van der Waals surface area contributed by atoms with Crippen LogP contribution in [0.15, 0.2) is 0 Å². The largest absolute Gasteiger partial charge is 0.266 e. The van der Waals surface area contributed by atoms with Crippen LogP contribution >= 0.6 is 46.4 Å². The molecule has 0 aliphatic heterocycles. The first-order valence-electron chi connectivity index (χ1n) is 0.756. The van der Waals surface area contributed by atoms with Gasteiger partial charge in [0.15, 0.2) is 0 Å². The van der Waals surface area contributed by atoms with Gasteiger partial charge in [0.1, 0.15) is 0 Å². The third kappa shape index (κ3) is 38.3. The first-order chi connectivity index (χ1) is 2.00. The first kappa shape index (κ1) is 6.16. The number of rotatable bonds is 0. The van der Waals surface area contributed by atoms with Crippen LogP contribution in [0.2, 0.25) is 0 Å². The second-order valence-electron chi connectivity index (χ2n) is 0.429. The second kappa shape index (κ2) is 1.74. The van der Waals surface area contributed by atoms with Gasteiger partial charge in [-0.2, -0.15) is 0 Å². The van der Waals surface area contributed by atoms with Gasteiger partial charge in [-0.1, -0.05) is 46.4 Å². The van der Waals surface area contributed by atoms with Crippen molar-refractivity contribution in [1.29, 1.82) is 0 Å². The fraction of sp³-hybridized carbons (Fsp3) is 1.00. The van der Waals surface area contributed by atoms with Gasteiger partial charge in [-0.25, -0.2) is 0 Å². The quantitative estimate of drug-likeness (QED) is 0.470.